The smallest absolute Gasteiger partial charge is 0.252 e. The normalized spacial score (nSPS) is 11.2. The molecule has 0 fully saturated rings. The van der Waals surface area contributed by atoms with Crippen LogP contribution >= 0.6 is 11.6 Å². The van der Waals surface area contributed by atoms with Crippen LogP contribution < -0.4 is 16.0 Å². The molecular weight excluding hydrogens is 342 g/mol. The highest BCUT2D eigenvalue weighted by atomic mass is 35.5. The lowest BCUT2D eigenvalue weighted by molar-refractivity contribution is 0.0954. The van der Waals surface area contributed by atoms with Crippen LogP contribution in [0.4, 0.5) is 0 Å². The summed E-state index contributed by atoms with van der Waals surface area (Å²) in [6, 6.07) is 6.95. The van der Waals surface area contributed by atoms with Gasteiger partial charge in [0.2, 0.25) is 0 Å². The molecule has 2 aromatic rings. The highest BCUT2D eigenvalue weighted by molar-refractivity contribution is 6.33. The van der Waals surface area contributed by atoms with Crippen LogP contribution in [-0.2, 0) is 13.6 Å². The first-order valence-corrected chi connectivity index (χ1v) is 8.37. The molecule has 1 amide bonds. The lowest BCUT2D eigenvalue weighted by atomic mass is 10.2. The molecule has 0 saturated heterocycles. The third kappa shape index (κ3) is 5.75. The molecule has 0 unspecified atom stereocenters. The number of aliphatic imine (C=N–C) groups is 1. The summed E-state index contributed by atoms with van der Waals surface area (Å²) in [4.78, 5) is 20.6. The number of guanidine groups is 1. The second kappa shape index (κ2) is 9.63. The Labute approximate surface area is 151 Å². The van der Waals surface area contributed by atoms with Crippen molar-refractivity contribution in [3.63, 3.8) is 0 Å². The van der Waals surface area contributed by atoms with Gasteiger partial charge in [0.1, 0.15) is 18.7 Å². The van der Waals surface area contributed by atoms with Crippen LogP contribution in [0, 0.1) is 0 Å². The number of halogens is 1. The summed E-state index contributed by atoms with van der Waals surface area (Å²) in [5.41, 5.74) is 0.465. The maximum absolute atomic E-state index is 12.1. The standard InChI is InChI=1S/C16H22ClN7O/c1-3-18-16(21-10-14-22-11-23-24(14)2)20-9-8-19-15(25)12-6-4-5-7-13(12)17/h4-7,11H,3,8-10H2,1-2H3,(H,19,25)(H2,18,20,21). The van der Waals surface area contributed by atoms with Gasteiger partial charge in [0.15, 0.2) is 5.96 Å². The number of benzene rings is 1. The van der Waals surface area contributed by atoms with Crippen LogP contribution in [0.15, 0.2) is 35.6 Å². The minimum atomic E-state index is -0.201. The Kier molecular flexibility index (Phi) is 7.21. The van der Waals surface area contributed by atoms with E-state index in [2.05, 4.69) is 31.0 Å². The molecule has 3 N–H and O–H groups in total. The number of amides is 1. The molecule has 0 aliphatic heterocycles. The molecule has 1 aromatic heterocycles. The first-order valence-electron chi connectivity index (χ1n) is 7.99. The van der Waals surface area contributed by atoms with Crippen molar-refractivity contribution in [2.24, 2.45) is 12.0 Å². The molecule has 1 aromatic carbocycles. The number of nitrogens with one attached hydrogen (secondary N) is 3. The molecule has 25 heavy (non-hydrogen) atoms. The maximum atomic E-state index is 12.1. The number of aryl methyl sites for hydroxylation is 1. The average Bonchev–Trinajstić information content (AvgIpc) is 3.01. The second-order valence-corrected chi connectivity index (χ2v) is 5.56. The van der Waals surface area contributed by atoms with Crippen molar-refractivity contribution in [2.75, 3.05) is 19.6 Å². The summed E-state index contributed by atoms with van der Waals surface area (Å²) in [6.45, 7) is 4.10. The van der Waals surface area contributed by atoms with Gasteiger partial charge in [0, 0.05) is 26.7 Å². The Balaban J connectivity index is 1.80. The lowest BCUT2D eigenvalue weighted by Crippen LogP contribution is -2.41. The van der Waals surface area contributed by atoms with Crippen molar-refractivity contribution in [2.45, 2.75) is 13.5 Å². The number of aromatic nitrogens is 3. The van der Waals surface area contributed by atoms with E-state index in [9.17, 15) is 4.79 Å². The molecule has 8 nitrogen and oxygen atoms in total. The Bertz CT molecular complexity index is 729. The van der Waals surface area contributed by atoms with Crippen molar-refractivity contribution in [1.29, 1.82) is 0 Å². The molecule has 0 spiro atoms. The van der Waals surface area contributed by atoms with Gasteiger partial charge >= 0.3 is 0 Å². The van der Waals surface area contributed by atoms with E-state index < -0.39 is 0 Å². The minimum absolute atomic E-state index is 0.201. The predicted molar refractivity (Wildman–Crippen MR) is 97.6 cm³/mol. The number of nitrogens with zero attached hydrogens (tertiary/aromatic N) is 4. The highest BCUT2D eigenvalue weighted by Crippen LogP contribution is 2.14. The van der Waals surface area contributed by atoms with Gasteiger partial charge in [-0.3, -0.25) is 9.48 Å². The van der Waals surface area contributed by atoms with Gasteiger partial charge in [-0.05, 0) is 19.1 Å². The van der Waals surface area contributed by atoms with E-state index in [0.717, 1.165) is 12.4 Å². The van der Waals surface area contributed by atoms with Crippen molar-refractivity contribution >= 4 is 23.5 Å². The number of carbonyl (C=O) groups is 1. The molecule has 0 aliphatic carbocycles. The van der Waals surface area contributed by atoms with Crippen molar-refractivity contribution in [1.82, 2.24) is 30.7 Å². The lowest BCUT2D eigenvalue weighted by Gasteiger charge is -2.12. The van der Waals surface area contributed by atoms with E-state index in [1.807, 2.05) is 14.0 Å². The Morgan fingerprint density at radius 2 is 2.00 bits per heavy atom. The van der Waals surface area contributed by atoms with Gasteiger partial charge < -0.3 is 16.0 Å². The first kappa shape index (κ1) is 18.7. The fourth-order valence-electron chi connectivity index (χ4n) is 2.05. The summed E-state index contributed by atoms with van der Waals surface area (Å²) in [5.74, 6) is 1.22. The third-order valence-corrected chi connectivity index (χ3v) is 3.68. The second-order valence-electron chi connectivity index (χ2n) is 5.16. The van der Waals surface area contributed by atoms with Gasteiger partial charge in [-0.2, -0.15) is 5.10 Å². The largest absolute Gasteiger partial charge is 0.357 e. The Morgan fingerprint density at radius 3 is 2.68 bits per heavy atom. The van der Waals surface area contributed by atoms with Crippen molar-refractivity contribution in [3.8, 4) is 0 Å². The molecular formula is C16H22ClN7O. The van der Waals surface area contributed by atoms with E-state index in [4.69, 9.17) is 11.6 Å². The Hall–Kier alpha value is -2.61. The van der Waals surface area contributed by atoms with Gasteiger partial charge in [-0.1, -0.05) is 23.7 Å². The van der Waals surface area contributed by atoms with E-state index in [1.54, 1.807) is 28.9 Å². The fourth-order valence-corrected chi connectivity index (χ4v) is 2.27. The summed E-state index contributed by atoms with van der Waals surface area (Å²) in [5, 5.41) is 13.6. The maximum Gasteiger partial charge on any atom is 0.252 e. The third-order valence-electron chi connectivity index (χ3n) is 3.35. The molecule has 2 rings (SSSR count). The van der Waals surface area contributed by atoms with Crippen LogP contribution in [0.2, 0.25) is 5.02 Å². The predicted octanol–water partition coefficient (Wildman–Crippen LogP) is 0.954. The van der Waals surface area contributed by atoms with Gasteiger partial charge in [-0.15, -0.1) is 0 Å². The highest BCUT2D eigenvalue weighted by Gasteiger charge is 2.08. The quantitative estimate of drug-likeness (QED) is 0.387. The SMILES string of the molecule is CCNC(=NCc1ncnn1C)NCCNC(=O)c1ccccc1Cl. The minimum Gasteiger partial charge on any atom is -0.357 e. The molecule has 0 radical (unpaired) electrons. The topological polar surface area (TPSA) is 96.2 Å². The molecule has 9 heteroatoms. The zero-order valence-electron chi connectivity index (χ0n) is 14.3. The van der Waals surface area contributed by atoms with Crippen LogP contribution in [0.3, 0.4) is 0 Å². The van der Waals surface area contributed by atoms with Gasteiger partial charge in [0.05, 0.1) is 10.6 Å². The molecule has 0 bridgehead atoms. The number of hydrogen-bond donors (Lipinski definition) is 3. The fraction of sp³-hybridized carbons (Fsp3) is 0.375. The summed E-state index contributed by atoms with van der Waals surface area (Å²) < 4.78 is 1.68. The van der Waals surface area contributed by atoms with Crippen LogP contribution in [0.1, 0.15) is 23.1 Å². The van der Waals surface area contributed by atoms with Crippen molar-refractivity contribution < 1.29 is 4.79 Å². The van der Waals surface area contributed by atoms with Crippen molar-refractivity contribution in [3.05, 3.63) is 47.0 Å². The first-order chi connectivity index (χ1) is 12.1. The van der Waals surface area contributed by atoms with Gasteiger partial charge in [0.25, 0.3) is 5.91 Å². The van der Waals surface area contributed by atoms with Crippen LogP contribution in [0.25, 0.3) is 0 Å². The molecule has 1 heterocycles. The molecule has 0 saturated carbocycles. The summed E-state index contributed by atoms with van der Waals surface area (Å²) in [6.07, 6.45) is 1.50. The van der Waals surface area contributed by atoms with Crippen LogP contribution in [0.5, 0.6) is 0 Å². The average molecular weight is 364 g/mol. The summed E-state index contributed by atoms with van der Waals surface area (Å²) in [7, 11) is 1.82. The summed E-state index contributed by atoms with van der Waals surface area (Å²) >= 11 is 6.01. The molecule has 0 aliphatic rings. The number of carbonyl (C=O) groups excluding carboxylic acids is 1. The van der Waals surface area contributed by atoms with Gasteiger partial charge in [-0.25, -0.2) is 9.98 Å². The van der Waals surface area contributed by atoms with E-state index >= 15 is 0 Å². The van der Waals surface area contributed by atoms with E-state index in [1.165, 1.54) is 6.33 Å². The zero-order valence-corrected chi connectivity index (χ0v) is 15.0. The monoisotopic (exact) mass is 363 g/mol. The Morgan fingerprint density at radius 1 is 1.24 bits per heavy atom. The molecule has 134 valence electrons. The van der Waals surface area contributed by atoms with E-state index in [-0.39, 0.29) is 5.91 Å². The number of hydrogen-bond acceptors (Lipinski definition) is 4. The zero-order chi connectivity index (χ0) is 18.1. The number of rotatable bonds is 7. The van der Waals surface area contributed by atoms with E-state index in [0.29, 0.717) is 36.2 Å². The molecule has 0 atom stereocenters. The van der Waals surface area contributed by atoms with Crippen LogP contribution in [-0.4, -0.2) is 46.3 Å².